The molecule has 6 heteroatoms. The molecule has 0 spiro atoms. The van der Waals surface area contributed by atoms with Crippen molar-refractivity contribution in [3.8, 4) is 22.6 Å². The number of ether oxygens (including phenoxy) is 2. The van der Waals surface area contributed by atoms with Crippen molar-refractivity contribution in [2.45, 2.75) is 19.7 Å². The molecule has 0 saturated carbocycles. The largest absolute Gasteiger partial charge is 0.573 e. The van der Waals surface area contributed by atoms with Gasteiger partial charge in [-0.3, -0.25) is 4.79 Å². The van der Waals surface area contributed by atoms with Crippen LogP contribution in [0.1, 0.15) is 13.3 Å². The Bertz CT molecular complexity index is 648. The summed E-state index contributed by atoms with van der Waals surface area (Å²) in [4.78, 5) is 11.3. The second kappa shape index (κ2) is 6.51. The number of benzene rings is 2. The molecule has 3 nitrogen and oxygen atoms in total. The van der Waals surface area contributed by atoms with E-state index in [1.165, 1.54) is 24.3 Å². The van der Waals surface area contributed by atoms with Crippen LogP contribution in [0, 0.1) is 0 Å². The molecule has 0 N–H and O–H groups in total. The molecule has 0 unspecified atom stereocenters. The molecule has 2 aromatic rings. The Labute approximate surface area is 125 Å². The van der Waals surface area contributed by atoms with Crippen LogP contribution in [0.5, 0.6) is 11.5 Å². The highest BCUT2D eigenvalue weighted by atomic mass is 19.4. The van der Waals surface area contributed by atoms with E-state index in [2.05, 4.69) is 4.74 Å². The monoisotopic (exact) mass is 310 g/mol. The Morgan fingerprint density at radius 2 is 1.68 bits per heavy atom. The highest BCUT2D eigenvalue weighted by Gasteiger charge is 2.30. The molecule has 0 aliphatic carbocycles. The third kappa shape index (κ3) is 4.51. The lowest BCUT2D eigenvalue weighted by atomic mass is 10.1. The van der Waals surface area contributed by atoms with E-state index in [0.29, 0.717) is 11.3 Å². The topological polar surface area (TPSA) is 35.5 Å². The second-order valence-electron chi connectivity index (χ2n) is 4.43. The van der Waals surface area contributed by atoms with Crippen LogP contribution in [-0.2, 0) is 4.79 Å². The Morgan fingerprint density at radius 1 is 1.00 bits per heavy atom. The summed E-state index contributed by atoms with van der Waals surface area (Å²) in [5, 5.41) is 0. The normalized spacial score (nSPS) is 11.1. The van der Waals surface area contributed by atoms with Crippen molar-refractivity contribution >= 4 is 5.97 Å². The van der Waals surface area contributed by atoms with Crippen LogP contribution in [0.4, 0.5) is 13.2 Å². The molecule has 0 atom stereocenters. The third-order valence-corrected chi connectivity index (χ3v) is 2.78. The van der Waals surface area contributed by atoms with Gasteiger partial charge in [0.05, 0.1) is 0 Å². The van der Waals surface area contributed by atoms with Crippen molar-refractivity contribution in [1.82, 2.24) is 0 Å². The van der Waals surface area contributed by atoms with Gasteiger partial charge in [-0.25, -0.2) is 0 Å². The number of carbonyl (C=O) groups excluding carboxylic acids is 1. The van der Waals surface area contributed by atoms with Crippen LogP contribution in [0.2, 0.25) is 0 Å². The van der Waals surface area contributed by atoms with Gasteiger partial charge >= 0.3 is 12.3 Å². The van der Waals surface area contributed by atoms with Crippen LogP contribution in [0.25, 0.3) is 11.1 Å². The molecule has 2 rings (SSSR count). The summed E-state index contributed by atoms with van der Waals surface area (Å²) in [5.74, 6) is -0.254. The summed E-state index contributed by atoms with van der Waals surface area (Å²) < 4.78 is 45.2. The lowest BCUT2D eigenvalue weighted by Crippen LogP contribution is -2.16. The predicted octanol–water partition coefficient (Wildman–Crippen LogP) is 4.57. The van der Waals surface area contributed by atoms with Crippen LogP contribution < -0.4 is 9.47 Å². The fourth-order valence-electron chi connectivity index (χ4n) is 1.79. The maximum atomic E-state index is 12.1. The first kappa shape index (κ1) is 15.9. The number of rotatable bonds is 4. The van der Waals surface area contributed by atoms with Gasteiger partial charge in [-0.05, 0) is 35.4 Å². The molecule has 2 aromatic carbocycles. The fraction of sp³-hybridized carbons (Fsp3) is 0.188. The Hall–Kier alpha value is -2.50. The number of alkyl halides is 3. The maximum absolute atomic E-state index is 12.1. The van der Waals surface area contributed by atoms with Crippen molar-refractivity contribution in [2.75, 3.05) is 0 Å². The van der Waals surface area contributed by atoms with E-state index < -0.39 is 6.36 Å². The summed E-state index contributed by atoms with van der Waals surface area (Å²) >= 11 is 0. The van der Waals surface area contributed by atoms with Crippen molar-refractivity contribution in [3.05, 3.63) is 48.5 Å². The van der Waals surface area contributed by atoms with Gasteiger partial charge in [0.25, 0.3) is 0 Å². The van der Waals surface area contributed by atoms with Crippen molar-refractivity contribution in [3.63, 3.8) is 0 Å². The van der Waals surface area contributed by atoms with E-state index in [1.807, 2.05) is 0 Å². The average molecular weight is 310 g/mol. The quantitative estimate of drug-likeness (QED) is 0.613. The number of carbonyl (C=O) groups is 1. The minimum absolute atomic E-state index is 0.258. The zero-order valence-electron chi connectivity index (χ0n) is 11.7. The first-order valence-electron chi connectivity index (χ1n) is 6.54. The van der Waals surface area contributed by atoms with Crippen molar-refractivity contribution in [2.24, 2.45) is 0 Å². The summed E-state index contributed by atoms with van der Waals surface area (Å²) in [5.41, 5.74) is 1.41. The van der Waals surface area contributed by atoms with Gasteiger partial charge in [-0.2, -0.15) is 0 Å². The zero-order chi connectivity index (χ0) is 16.2. The van der Waals surface area contributed by atoms with Crippen LogP contribution in [0.15, 0.2) is 48.5 Å². The average Bonchev–Trinajstić information content (AvgIpc) is 2.46. The Morgan fingerprint density at radius 3 is 2.27 bits per heavy atom. The van der Waals surface area contributed by atoms with E-state index >= 15 is 0 Å². The highest BCUT2D eigenvalue weighted by molar-refractivity contribution is 5.73. The van der Waals surface area contributed by atoms with Gasteiger partial charge in [-0.15, -0.1) is 13.2 Å². The molecule has 22 heavy (non-hydrogen) atoms. The molecule has 0 fully saturated rings. The standard InChI is InChI=1S/C16H13F3O3/c1-2-15(20)21-14-5-3-4-12(10-14)11-6-8-13(9-7-11)22-16(17,18)19/h3-10H,2H2,1H3. The Kier molecular flexibility index (Phi) is 4.70. The molecular weight excluding hydrogens is 297 g/mol. The third-order valence-electron chi connectivity index (χ3n) is 2.78. The molecule has 0 heterocycles. The van der Waals surface area contributed by atoms with Crippen molar-refractivity contribution in [1.29, 1.82) is 0 Å². The van der Waals surface area contributed by atoms with Crippen LogP contribution >= 0.6 is 0 Å². The van der Waals surface area contributed by atoms with Gasteiger partial charge in [-0.1, -0.05) is 31.2 Å². The summed E-state index contributed by atoms with van der Waals surface area (Å²) in [6.07, 6.45) is -4.45. The van der Waals surface area contributed by atoms with E-state index in [0.717, 1.165) is 5.56 Å². The van der Waals surface area contributed by atoms with Crippen LogP contribution in [0.3, 0.4) is 0 Å². The number of halogens is 3. The van der Waals surface area contributed by atoms with Gasteiger partial charge in [0.2, 0.25) is 0 Å². The van der Waals surface area contributed by atoms with Crippen molar-refractivity contribution < 1.29 is 27.4 Å². The summed E-state index contributed by atoms with van der Waals surface area (Å²) in [7, 11) is 0. The summed E-state index contributed by atoms with van der Waals surface area (Å²) in [6, 6.07) is 12.2. The van der Waals surface area contributed by atoms with Gasteiger partial charge < -0.3 is 9.47 Å². The zero-order valence-corrected chi connectivity index (χ0v) is 11.7. The van der Waals surface area contributed by atoms with E-state index in [1.54, 1.807) is 31.2 Å². The molecule has 116 valence electrons. The van der Waals surface area contributed by atoms with E-state index in [9.17, 15) is 18.0 Å². The maximum Gasteiger partial charge on any atom is 0.573 e. The van der Waals surface area contributed by atoms with Crippen LogP contribution in [-0.4, -0.2) is 12.3 Å². The second-order valence-corrected chi connectivity index (χ2v) is 4.43. The smallest absolute Gasteiger partial charge is 0.427 e. The number of esters is 1. The molecule has 0 bridgehead atoms. The highest BCUT2D eigenvalue weighted by Crippen LogP contribution is 2.28. The first-order chi connectivity index (χ1) is 10.4. The van der Waals surface area contributed by atoms with E-state index in [4.69, 9.17) is 4.74 Å². The minimum atomic E-state index is -4.71. The molecule has 0 saturated heterocycles. The lowest BCUT2D eigenvalue weighted by molar-refractivity contribution is -0.274. The molecule has 0 aliphatic rings. The van der Waals surface area contributed by atoms with Gasteiger partial charge in [0.15, 0.2) is 0 Å². The van der Waals surface area contributed by atoms with E-state index in [-0.39, 0.29) is 18.1 Å². The lowest BCUT2D eigenvalue weighted by Gasteiger charge is -2.10. The SMILES string of the molecule is CCC(=O)Oc1cccc(-c2ccc(OC(F)(F)F)cc2)c1. The minimum Gasteiger partial charge on any atom is -0.427 e. The molecule has 0 aliphatic heterocycles. The predicted molar refractivity (Wildman–Crippen MR) is 74.5 cm³/mol. The van der Waals surface area contributed by atoms with Gasteiger partial charge in [0.1, 0.15) is 11.5 Å². The Balaban J connectivity index is 2.18. The molecular formula is C16H13F3O3. The number of hydrogen-bond acceptors (Lipinski definition) is 3. The van der Waals surface area contributed by atoms with Gasteiger partial charge in [0, 0.05) is 6.42 Å². The number of hydrogen-bond donors (Lipinski definition) is 0. The summed E-state index contributed by atoms with van der Waals surface area (Å²) in [6.45, 7) is 1.69. The fourth-order valence-corrected chi connectivity index (χ4v) is 1.79. The molecule has 0 aromatic heterocycles. The first-order valence-corrected chi connectivity index (χ1v) is 6.54. The molecule has 0 radical (unpaired) electrons. The molecule has 0 amide bonds.